The zero-order chi connectivity index (χ0) is 9.80. The Hall–Kier alpha value is -0.780. The molecule has 0 nitrogen and oxygen atoms in total. The quantitative estimate of drug-likeness (QED) is 0.665. The van der Waals surface area contributed by atoms with Crippen LogP contribution in [0.2, 0.25) is 0 Å². The van der Waals surface area contributed by atoms with Crippen LogP contribution in [0.15, 0.2) is 30.3 Å². The molecule has 0 bridgehead atoms. The molecule has 1 aliphatic carbocycles. The fourth-order valence-electron chi connectivity index (χ4n) is 2.51. The number of hydrogen-bond acceptors (Lipinski definition) is 0. The lowest BCUT2D eigenvalue weighted by molar-refractivity contribution is 0.477. The molecular formula is C14H19. The van der Waals surface area contributed by atoms with Gasteiger partial charge in [0, 0.05) is 0 Å². The standard InChI is InChI=1S/C14H19/c1-12(11-13-7-5-6-8-13)14-9-3-2-4-10-14/h2-4,9-10,12-13H,1,5-8,11H2. The van der Waals surface area contributed by atoms with E-state index in [1.165, 1.54) is 37.7 Å². The molecule has 0 heterocycles. The Kier molecular flexibility index (Phi) is 3.23. The van der Waals surface area contributed by atoms with Crippen molar-refractivity contribution in [2.75, 3.05) is 0 Å². The Labute approximate surface area is 87.3 Å². The van der Waals surface area contributed by atoms with Gasteiger partial charge in [-0.1, -0.05) is 56.0 Å². The molecule has 0 amide bonds. The molecule has 1 aromatic rings. The molecule has 1 unspecified atom stereocenters. The van der Waals surface area contributed by atoms with E-state index in [4.69, 9.17) is 0 Å². The van der Waals surface area contributed by atoms with Crippen LogP contribution in [0.1, 0.15) is 43.6 Å². The molecule has 0 heteroatoms. The first kappa shape index (κ1) is 9.76. The highest BCUT2D eigenvalue weighted by Crippen LogP contribution is 2.33. The second-order valence-electron chi connectivity index (χ2n) is 4.49. The SMILES string of the molecule is [CH2]C(CC1CCCC1)c1ccccc1. The summed E-state index contributed by atoms with van der Waals surface area (Å²) < 4.78 is 0. The van der Waals surface area contributed by atoms with Gasteiger partial charge in [0.15, 0.2) is 0 Å². The van der Waals surface area contributed by atoms with Crippen molar-refractivity contribution in [3.8, 4) is 0 Å². The van der Waals surface area contributed by atoms with Gasteiger partial charge in [0.2, 0.25) is 0 Å². The van der Waals surface area contributed by atoms with E-state index in [1.807, 2.05) is 0 Å². The summed E-state index contributed by atoms with van der Waals surface area (Å²) in [4.78, 5) is 0. The van der Waals surface area contributed by atoms with Gasteiger partial charge in [-0.05, 0) is 30.7 Å². The summed E-state index contributed by atoms with van der Waals surface area (Å²) >= 11 is 0. The predicted molar refractivity (Wildman–Crippen MR) is 61.1 cm³/mol. The summed E-state index contributed by atoms with van der Waals surface area (Å²) in [7, 11) is 0. The fraction of sp³-hybridized carbons (Fsp3) is 0.500. The molecule has 14 heavy (non-hydrogen) atoms. The zero-order valence-electron chi connectivity index (χ0n) is 8.78. The summed E-state index contributed by atoms with van der Waals surface area (Å²) in [5, 5.41) is 0. The van der Waals surface area contributed by atoms with Crippen molar-refractivity contribution in [1.82, 2.24) is 0 Å². The van der Waals surface area contributed by atoms with Crippen LogP contribution in [0.25, 0.3) is 0 Å². The van der Waals surface area contributed by atoms with Crippen LogP contribution >= 0.6 is 0 Å². The maximum atomic E-state index is 4.27. The van der Waals surface area contributed by atoms with Crippen molar-refractivity contribution in [2.24, 2.45) is 5.92 Å². The van der Waals surface area contributed by atoms with E-state index in [-0.39, 0.29) is 0 Å². The number of hydrogen-bond donors (Lipinski definition) is 0. The fourth-order valence-corrected chi connectivity index (χ4v) is 2.51. The molecule has 1 fully saturated rings. The van der Waals surface area contributed by atoms with E-state index in [0.29, 0.717) is 5.92 Å². The van der Waals surface area contributed by atoms with Crippen molar-refractivity contribution in [1.29, 1.82) is 0 Å². The molecule has 0 aliphatic heterocycles. The van der Waals surface area contributed by atoms with Gasteiger partial charge in [0.25, 0.3) is 0 Å². The third-order valence-electron chi connectivity index (χ3n) is 3.36. The molecule has 0 spiro atoms. The minimum absolute atomic E-state index is 0.499. The van der Waals surface area contributed by atoms with Crippen LogP contribution in [-0.4, -0.2) is 0 Å². The van der Waals surface area contributed by atoms with Crippen molar-refractivity contribution >= 4 is 0 Å². The lowest BCUT2D eigenvalue weighted by atomic mass is 9.89. The van der Waals surface area contributed by atoms with Crippen molar-refractivity contribution in [3.63, 3.8) is 0 Å². The smallest absolute Gasteiger partial charge is 0.0159 e. The van der Waals surface area contributed by atoms with Gasteiger partial charge in [0.1, 0.15) is 0 Å². The number of benzene rings is 1. The molecule has 1 aromatic carbocycles. The summed E-state index contributed by atoms with van der Waals surface area (Å²) in [6, 6.07) is 10.7. The monoisotopic (exact) mass is 187 g/mol. The molecular weight excluding hydrogens is 168 g/mol. The Morgan fingerprint density at radius 2 is 1.79 bits per heavy atom. The highest BCUT2D eigenvalue weighted by atomic mass is 14.2. The van der Waals surface area contributed by atoms with Gasteiger partial charge in [0.05, 0.1) is 0 Å². The van der Waals surface area contributed by atoms with Crippen molar-refractivity contribution < 1.29 is 0 Å². The zero-order valence-corrected chi connectivity index (χ0v) is 8.78. The van der Waals surface area contributed by atoms with Crippen LogP contribution in [0.3, 0.4) is 0 Å². The molecule has 1 atom stereocenters. The highest BCUT2D eigenvalue weighted by Gasteiger charge is 2.18. The number of rotatable bonds is 3. The minimum atomic E-state index is 0.499. The Morgan fingerprint density at radius 1 is 1.14 bits per heavy atom. The topological polar surface area (TPSA) is 0 Å². The lowest BCUT2D eigenvalue weighted by Crippen LogP contribution is -2.01. The first-order chi connectivity index (χ1) is 6.86. The average Bonchev–Trinajstić information content (AvgIpc) is 2.72. The predicted octanol–water partition coefficient (Wildman–Crippen LogP) is 4.18. The van der Waals surface area contributed by atoms with Gasteiger partial charge in [-0.3, -0.25) is 0 Å². The van der Waals surface area contributed by atoms with E-state index < -0.39 is 0 Å². The van der Waals surface area contributed by atoms with Crippen LogP contribution < -0.4 is 0 Å². The highest BCUT2D eigenvalue weighted by molar-refractivity contribution is 5.20. The molecule has 0 aromatic heterocycles. The van der Waals surface area contributed by atoms with E-state index in [2.05, 4.69) is 37.3 Å². The van der Waals surface area contributed by atoms with Gasteiger partial charge in [-0.2, -0.15) is 0 Å². The van der Waals surface area contributed by atoms with E-state index in [9.17, 15) is 0 Å². The van der Waals surface area contributed by atoms with Crippen molar-refractivity contribution in [3.05, 3.63) is 42.8 Å². The molecule has 75 valence electrons. The maximum Gasteiger partial charge on any atom is -0.0159 e. The normalized spacial score (nSPS) is 19.8. The van der Waals surface area contributed by atoms with Crippen LogP contribution in [0.5, 0.6) is 0 Å². The Bertz CT molecular complexity index is 257. The van der Waals surface area contributed by atoms with Gasteiger partial charge < -0.3 is 0 Å². The molecule has 1 aliphatic rings. The Morgan fingerprint density at radius 3 is 2.43 bits per heavy atom. The van der Waals surface area contributed by atoms with Crippen LogP contribution in [-0.2, 0) is 0 Å². The third-order valence-corrected chi connectivity index (χ3v) is 3.36. The van der Waals surface area contributed by atoms with Crippen LogP contribution in [0, 0.1) is 12.8 Å². The molecule has 0 N–H and O–H groups in total. The lowest BCUT2D eigenvalue weighted by Gasteiger charge is -2.16. The van der Waals surface area contributed by atoms with Gasteiger partial charge in [-0.15, -0.1) is 0 Å². The van der Waals surface area contributed by atoms with Gasteiger partial charge in [-0.25, -0.2) is 0 Å². The summed E-state index contributed by atoms with van der Waals surface area (Å²) in [5.41, 5.74) is 1.40. The first-order valence-corrected chi connectivity index (χ1v) is 5.74. The molecule has 0 saturated heterocycles. The summed E-state index contributed by atoms with van der Waals surface area (Å²) in [6.07, 6.45) is 7.01. The minimum Gasteiger partial charge on any atom is -0.0622 e. The summed E-state index contributed by atoms with van der Waals surface area (Å²) in [6.45, 7) is 4.27. The van der Waals surface area contributed by atoms with Gasteiger partial charge >= 0.3 is 0 Å². The van der Waals surface area contributed by atoms with Crippen molar-refractivity contribution in [2.45, 2.75) is 38.0 Å². The molecule has 1 saturated carbocycles. The largest absolute Gasteiger partial charge is 0.0622 e. The second kappa shape index (κ2) is 4.63. The maximum absolute atomic E-state index is 4.27. The summed E-state index contributed by atoms with van der Waals surface area (Å²) in [5.74, 6) is 1.44. The Balaban J connectivity index is 1.92. The first-order valence-electron chi connectivity index (χ1n) is 5.74. The van der Waals surface area contributed by atoms with E-state index >= 15 is 0 Å². The average molecular weight is 187 g/mol. The van der Waals surface area contributed by atoms with E-state index in [0.717, 1.165) is 5.92 Å². The second-order valence-corrected chi connectivity index (χ2v) is 4.49. The third kappa shape index (κ3) is 2.37. The van der Waals surface area contributed by atoms with E-state index in [1.54, 1.807) is 0 Å². The van der Waals surface area contributed by atoms with Crippen LogP contribution in [0.4, 0.5) is 0 Å². The molecule has 1 radical (unpaired) electrons. The molecule has 2 rings (SSSR count).